The molecule has 3 aliphatic rings. The highest BCUT2D eigenvalue weighted by molar-refractivity contribution is 7.19. The molecule has 1 N–H and O–H groups in total. The van der Waals surface area contributed by atoms with E-state index in [2.05, 4.69) is 15.2 Å². The Morgan fingerprint density at radius 2 is 1.82 bits per heavy atom. The quantitative estimate of drug-likeness (QED) is 0.262. The second-order valence-electron chi connectivity index (χ2n) is 11.9. The number of hydrogen-bond donors (Lipinski definition) is 1. The molecule has 44 heavy (non-hydrogen) atoms. The van der Waals surface area contributed by atoms with Gasteiger partial charge in [0.2, 0.25) is 5.91 Å². The molecule has 2 amide bonds. The number of nitrogens with one attached hydrogen (secondary N) is 1. The summed E-state index contributed by atoms with van der Waals surface area (Å²) in [4.78, 5) is 39.9. The Morgan fingerprint density at radius 1 is 1.02 bits per heavy atom. The van der Waals surface area contributed by atoms with E-state index in [4.69, 9.17) is 21.7 Å². The molecule has 0 radical (unpaired) electrons. The maximum absolute atomic E-state index is 13.6. The van der Waals surface area contributed by atoms with Crippen LogP contribution in [0.3, 0.4) is 0 Å². The van der Waals surface area contributed by atoms with Gasteiger partial charge in [0.05, 0.1) is 32.7 Å². The van der Waals surface area contributed by atoms with Crippen molar-refractivity contribution in [3.63, 3.8) is 0 Å². The molecule has 2 fully saturated rings. The van der Waals surface area contributed by atoms with Crippen LogP contribution in [0.1, 0.15) is 67.1 Å². The third-order valence-corrected chi connectivity index (χ3v) is 10.4. The predicted molar refractivity (Wildman–Crippen MR) is 174 cm³/mol. The molecule has 0 unspecified atom stereocenters. The maximum atomic E-state index is 13.6. The molecule has 1 aliphatic heterocycles. The predicted octanol–water partition coefficient (Wildman–Crippen LogP) is 6.25. The van der Waals surface area contributed by atoms with Gasteiger partial charge in [-0.2, -0.15) is 5.10 Å². The van der Waals surface area contributed by atoms with Gasteiger partial charge in [-0.25, -0.2) is 9.67 Å². The van der Waals surface area contributed by atoms with Crippen LogP contribution >= 0.6 is 22.9 Å². The fourth-order valence-electron chi connectivity index (χ4n) is 6.89. The van der Waals surface area contributed by atoms with E-state index in [0.717, 1.165) is 72.1 Å². The summed E-state index contributed by atoms with van der Waals surface area (Å²) in [6, 6.07) is 10.1. The van der Waals surface area contributed by atoms with Crippen molar-refractivity contribution in [2.24, 2.45) is 0 Å². The summed E-state index contributed by atoms with van der Waals surface area (Å²) in [5.74, 6) is -0.141. The number of halogens is 1. The molecule has 3 aromatic heterocycles. The lowest BCUT2D eigenvalue weighted by atomic mass is 9.95. The van der Waals surface area contributed by atoms with Crippen molar-refractivity contribution in [2.75, 3.05) is 31.5 Å². The van der Waals surface area contributed by atoms with Gasteiger partial charge in [0, 0.05) is 68.2 Å². The second-order valence-corrected chi connectivity index (χ2v) is 13.4. The number of hydrogen-bond acceptors (Lipinski definition) is 7. The third kappa shape index (κ3) is 5.66. The molecule has 4 heterocycles. The number of aryl methyl sites for hydroxylation is 1. The Morgan fingerprint density at radius 3 is 2.52 bits per heavy atom. The van der Waals surface area contributed by atoms with E-state index in [1.54, 1.807) is 12.3 Å². The van der Waals surface area contributed by atoms with E-state index in [0.29, 0.717) is 27.4 Å². The summed E-state index contributed by atoms with van der Waals surface area (Å²) in [5.41, 5.74) is 5.97. The van der Waals surface area contributed by atoms with Crippen molar-refractivity contribution in [3.05, 3.63) is 64.6 Å². The molecule has 0 atom stereocenters. The monoisotopic (exact) mass is 629 g/mol. The minimum absolute atomic E-state index is 0.0159. The summed E-state index contributed by atoms with van der Waals surface area (Å²) >= 11 is 8.41. The normalized spacial score (nSPS) is 17.5. The maximum Gasteiger partial charge on any atom is 0.253 e. The standard InChI is InChI=1S/C33H36ClN7O2S/c1-21(42)36-33-37-27-12-11-25-29(23-7-6-14-35-20-23)38-41(30(25)31(27)44-33)28-13-10-22(19-26(28)34)32(43)40-17-15-39(16-18-40)24-8-4-2-3-5-9-24/h6-7,10,13-14,19-20,24H,2-5,8-9,11-12,15-18H2,1H3,(H,36,37,42). The smallest absolute Gasteiger partial charge is 0.253 e. The lowest BCUT2D eigenvalue weighted by molar-refractivity contribution is -0.114. The van der Waals surface area contributed by atoms with Gasteiger partial charge in [0.1, 0.15) is 0 Å². The summed E-state index contributed by atoms with van der Waals surface area (Å²) in [6.45, 7) is 4.81. The van der Waals surface area contributed by atoms with E-state index in [9.17, 15) is 9.59 Å². The first-order valence-electron chi connectivity index (χ1n) is 15.6. The number of benzene rings is 1. The van der Waals surface area contributed by atoms with Gasteiger partial charge in [-0.15, -0.1) is 0 Å². The van der Waals surface area contributed by atoms with E-state index >= 15 is 0 Å². The number of anilines is 1. The molecule has 228 valence electrons. The van der Waals surface area contributed by atoms with Crippen LogP contribution in [0.15, 0.2) is 42.7 Å². The molecular formula is C33H36ClN7O2S. The van der Waals surface area contributed by atoms with Gasteiger partial charge in [0.25, 0.3) is 5.91 Å². The highest BCUT2D eigenvalue weighted by atomic mass is 35.5. The number of aromatic nitrogens is 4. The Balaban J connectivity index is 1.18. The molecule has 1 aromatic carbocycles. The Hall–Kier alpha value is -3.60. The zero-order valence-corrected chi connectivity index (χ0v) is 26.5. The molecule has 0 bridgehead atoms. The number of rotatable bonds is 5. The van der Waals surface area contributed by atoms with Crippen molar-refractivity contribution < 1.29 is 9.59 Å². The number of carbonyl (C=O) groups excluding carboxylic acids is 2. The average molecular weight is 630 g/mol. The second kappa shape index (κ2) is 12.4. The first-order valence-corrected chi connectivity index (χ1v) is 16.8. The van der Waals surface area contributed by atoms with Gasteiger partial charge >= 0.3 is 0 Å². The molecular weight excluding hydrogens is 594 g/mol. The van der Waals surface area contributed by atoms with Gasteiger partial charge in [-0.1, -0.05) is 48.6 Å². The molecule has 2 aliphatic carbocycles. The van der Waals surface area contributed by atoms with Crippen LogP contribution in [0.2, 0.25) is 5.02 Å². The highest BCUT2D eigenvalue weighted by Crippen LogP contribution is 2.44. The third-order valence-electron chi connectivity index (χ3n) is 9.09. The van der Waals surface area contributed by atoms with Crippen LogP contribution in [0.25, 0.3) is 27.5 Å². The van der Waals surface area contributed by atoms with Crippen LogP contribution in [-0.2, 0) is 17.6 Å². The van der Waals surface area contributed by atoms with Gasteiger partial charge in [0.15, 0.2) is 5.13 Å². The van der Waals surface area contributed by atoms with Crippen LogP contribution < -0.4 is 5.32 Å². The molecule has 9 nitrogen and oxygen atoms in total. The van der Waals surface area contributed by atoms with Crippen LogP contribution in [0.5, 0.6) is 0 Å². The number of thiazole rings is 1. The summed E-state index contributed by atoms with van der Waals surface area (Å²) in [6.07, 6.45) is 12.9. The first-order chi connectivity index (χ1) is 21.5. The zero-order valence-electron chi connectivity index (χ0n) is 24.9. The van der Waals surface area contributed by atoms with Crippen molar-refractivity contribution in [1.82, 2.24) is 29.5 Å². The fourth-order valence-corrected chi connectivity index (χ4v) is 8.27. The van der Waals surface area contributed by atoms with E-state index < -0.39 is 0 Å². The van der Waals surface area contributed by atoms with Crippen molar-refractivity contribution in [3.8, 4) is 27.5 Å². The lowest BCUT2D eigenvalue weighted by Crippen LogP contribution is -2.51. The van der Waals surface area contributed by atoms with Crippen molar-refractivity contribution >= 4 is 39.9 Å². The van der Waals surface area contributed by atoms with Gasteiger partial charge in [-0.05, 0) is 56.0 Å². The van der Waals surface area contributed by atoms with E-state index in [1.165, 1.54) is 56.8 Å². The number of carbonyl (C=O) groups is 2. The number of nitrogens with zero attached hydrogens (tertiary/aromatic N) is 6. The fraction of sp³-hybridized carbons (Fsp3) is 0.424. The minimum Gasteiger partial charge on any atom is -0.336 e. The van der Waals surface area contributed by atoms with Gasteiger partial charge < -0.3 is 10.2 Å². The SMILES string of the molecule is CC(=O)Nc1nc2c(s1)-c1c(c(-c3cccnc3)nn1-c1ccc(C(=O)N3CCN(C4CCCCCC4)CC3)cc1Cl)CC2. The topological polar surface area (TPSA) is 96.2 Å². The Kier molecular flexibility index (Phi) is 8.22. The minimum atomic E-state index is -0.157. The Bertz CT molecular complexity index is 1690. The molecule has 4 aromatic rings. The Labute approximate surface area is 266 Å². The average Bonchev–Trinajstić information content (AvgIpc) is 3.50. The first kappa shape index (κ1) is 29.1. The number of piperazine rings is 1. The van der Waals surface area contributed by atoms with E-state index in [-0.39, 0.29) is 11.8 Å². The largest absolute Gasteiger partial charge is 0.336 e. The number of fused-ring (bicyclic) bond motifs is 3. The molecule has 1 saturated heterocycles. The molecule has 7 rings (SSSR count). The summed E-state index contributed by atoms with van der Waals surface area (Å²) in [7, 11) is 0. The van der Waals surface area contributed by atoms with Crippen LogP contribution in [-0.4, -0.2) is 73.6 Å². The van der Waals surface area contributed by atoms with Crippen molar-refractivity contribution in [2.45, 2.75) is 64.3 Å². The highest BCUT2D eigenvalue weighted by Gasteiger charge is 2.31. The summed E-state index contributed by atoms with van der Waals surface area (Å²) in [5, 5.41) is 8.92. The molecule has 11 heteroatoms. The van der Waals surface area contributed by atoms with Crippen molar-refractivity contribution in [1.29, 1.82) is 0 Å². The summed E-state index contributed by atoms with van der Waals surface area (Å²) < 4.78 is 1.87. The lowest BCUT2D eigenvalue weighted by Gasteiger charge is -2.39. The van der Waals surface area contributed by atoms with Crippen LogP contribution in [0, 0.1) is 0 Å². The van der Waals surface area contributed by atoms with Gasteiger partial charge in [-0.3, -0.25) is 19.5 Å². The van der Waals surface area contributed by atoms with Crippen LogP contribution in [0.4, 0.5) is 5.13 Å². The zero-order chi connectivity index (χ0) is 30.2. The number of pyridine rings is 1. The molecule has 0 spiro atoms. The van der Waals surface area contributed by atoms with E-state index in [1.807, 2.05) is 40.0 Å². The number of amides is 2. The molecule has 1 saturated carbocycles.